The number of aryl methyl sites for hydroxylation is 2. The lowest BCUT2D eigenvalue weighted by atomic mass is 9.80. The van der Waals surface area contributed by atoms with Crippen molar-refractivity contribution in [3.63, 3.8) is 0 Å². The Morgan fingerprint density at radius 2 is 1.78 bits per heavy atom. The Morgan fingerprint density at radius 1 is 1.28 bits per heavy atom. The third kappa shape index (κ3) is 2.53. The molecule has 1 atom stereocenters. The Kier molecular flexibility index (Phi) is 4.11. The number of carboxylic acids is 1. The Balaban J connectivity index is 3.20. The molecule has 2 N–H and O–H groups in total. The van der Waals surface area contributed by atoms with Gasteiger partial charge in [-0.2, -0.15) is 0 Å². The first-order valence-corrected chi connectivity index (χ1v) is 5.83. The first kappa shape index (κ1) is 14.2. The molecule has 0 spiro atoms. The van der Waals surface area contributed by atoms with Crippen LogP contribution in [-0.4, -0.2) is 24.0 Å². The number of nitrogens with one attached hydrogen (secondary N) is 1. The molecule has 0 saturated carbocycles. The van der Waals surface area contributed by atoms with E-state index in [1.165, 1.54) is 14.0 Å². The van der Waals surface area contributed by atoms with E-state index >= 15 is 0 Å². The second kappa shape index (κ2) is 5.21. The molecule has 0 aromatic heterocycles. The minimum Gasteiger partial charge on any atom is -0.480 e. The van der Waals surface area contributed by atoms with Crippen LogP contribution in [0.5, 0.6) is 0 Å². The molecule has 1 aromatic carbocycles. The highest BCUT2D eigenvalue weighted by molar-refractivity contribution is 6.01. The number of benzene rings is 1. The van der Waals surface area contributed by atoms with Gasteiger partial charge in [-0.25, -0.2) is 0 Å². The summed E-state index contributed by atoms with van der Waals surface area (Å²) in [6, 6.07) is 5.77. The smallest absolute Gasteiger partial charge is 0.319 e. The van der Waals surface area contributed by atoms with Gasteiger partial charge in [0.2, 0.25) is 5.91 Å². The van der Waals surface area contributed by atoms with E-state index in [4.69, 9.17) is 0 Å². The lowest BCUT2D eigenvalue weighted by Crippen LogP contribution is -2.45. The number of rotatable bonds is 4. The largest absolute Gasteiger partial charge is 0.480 e. The highest BCUT2D eigenvalue weighted by Gasteiger charge is 2.41. The van der Waals surface area contributed by atoms with Crippen molar-refractivity contribution in [1.82, 2.24) is 5.32 Å². The molecule has 1 rings (SSSR count). The fraction of sp³-hybridized carbons (Fsp3) is 0.429. The zero-order valence-electron chi connectivity index (χ0n) is 11.2. The third-order valence-electron chi connectivity index (χ3n) is 3.38. The van der Waals surface area contributed by atoms with Gasteiger partial charge in [-0.15, -0.1) is 0 Å². The van der Waals surface area contributed by atoms with Crippen molar-refractivity contribution in [2.75, 3.05) is 7.05 Å². The molecule has 4 nitrogen and oxygen atoms in total. The summed E-state index contributed by atoms with van der Waals surface area (Å²) in [6.07, 6.45) is 0.195. The maximum Gasteiger partial charge on any atom is 0.319 e. The van der Waals surface area contributed by atoms with Crippen LogP contribution >= 0.6 is 0 Å². The standard InChI is InChI=1S/C14H19NO3/c1-9-6-5-7-10(2)11(9)8-14(3,13(17)18)12(16)15-4/h5-7H,8H2,1-4H3,(H,15,16)(H,17,18). The van der Waals surface area contributed by atoms with Crippen LogP contribution in [0.3, 0.4) is 0 Å². The Morgan fingerprint density at radius 3 is 2.17 bits per heavy atom. The van der Waals surface area contributed by atoms with Gasteiger partial charge in [0, 0.05) is 7.05 Å². The number of hydrogen-bond acceptors (Lipinski definition) is 2. The topological polar surface area (TPSA) is 66.4 Å². The minimum absolute atomic E-state index is 0.195. The molecular weight excluding hydrogens is 230 g/mol. The van der Waals surface area contributed by atoms with E-state index in [0.717, 1.165) is 16.7 Å². The molecule has 1 amide bonds. The van der Waals surface area contributed by atoms with Crippen molar-refractivity contribution in [1.29, 1.82) is 0 Å². The van der Waals surface area contributed by atoms with Crippen molar-refractivity contribution in [3.05, 3.63) is 34.9 Å². The van der Waals surface area contributed by atoms with E-state index in [9.17, 15) is 14.7 Å². The van der Waals surface area contributed by atoms with Crippen LogP contribution in [0.25, 0.3) is 0 Å². The highest BCUT2D eigenvalue weighted by Crippen LogP contribution is 2.27. The van der Waals surface area contributed by atoms with E-state index in [-0.39, 0.29) is 6.42 Å². The van der Waals surface area contributed by atoms with Crippen molar-refractivity contribution in [3.8, 4) is 0 Å². The van der Waals surface area contributed by atoms with Gasteiger partial charge < -0.3 is 10.4 Å². The quantitative estimate of drug-likeness (QED) is 0.798. The van der Waals surface area contributed by atoms with Crippen molar-refractivity contribution in [2.24, 2.45) is 5.41 Å². The average molecular weight is 249 g/mol. The number of amides is 1. The van der Waals surface area contributed by atoms with Crippen LogP contribution in [0.4, 0.5) is 0 Å². The maximum absolute atomic E-state index is 11.8. The fourth-order valence-electron chi connectivity index (χ4n) is 2.01. The normalized spacial score (nSPS) is 13.8. The van der Waals surface area contributed by atoms with Gasteiger partial charge in [-0.1, -0.05) is 18.2 Å². The molecule has 4 heteroatoms. The first-order chi connectivity index (χ1) is 8.32. The second-order valence-electron chi connectivity index (χ2n) is 4.76. The van der Waals surface area contributed by atoms with Crippen molar-refractivity contribution < 1.29 is 14.7 Å². The van der Waals surface area contributed by atoms with Gasteiger partial charge in [-0.3, -0.25) is 9.59 Å². The number of hydrogen-bond donors (Lipinski definition) is 2. The van der Waals surface area contributed by atoms with Crippen molar-refractivity contribution >= 4 is 11.9 Å². The molecule has 0 aliphatic heterocycles. The molecule has 98 valence electrons. The highest BCUT2D eigenvalue weighted by atomic mass is 16.4. The molecule has 0 aliphatic rings. The predicted molar refractivity (Wildman–Crippen MR) is 69.4 cm³/mol. The number of carbonyl (C=O) groups excluding carboxylic acids is 1. The van der Waals surface area contributed by atoms with E-state index in [2.05, 4.69) is 5.32 Å². The third-order valence-corrected chi connectivity index (χ3v) is 3.38. The van der Waals surface area contributed by atoms with Gasteiger partial charge in [-0.05, 0) is 43.9 Å². The monoisotopic (exact) mass is 249 g/mol. The molecule has 1 unspecified atom stereocenters. The first-order valence-electron chi connectivity index (χ1n) is 5.83. The van der Waals surface area contributed by atoms with E-state index in [1.807, 2.05) is 32.0 Å². The molecule has 0 heterocycles. The Bertz CT molecular complexity index is 462. The van der Waals surface area contributed by atoms with Gasteiger partial charge in [0.15, 0.2) is 0 Å². The summed E-state index contributed by atoms with van der Waals surface area (Å²) in [5.41, 5.74) is 1.50. The summed E-state index contributed by atoms with van der Waals surface area (Å²) in [7, 11) is 1.45. The minimum atomic E-state index is -1.44. The summed E-state index contributed by atoms with van der Waals surface area (Å²) < 4.78 is 0. The van der Waals surface area contributed by atoms with Crippen LogP contribution in [0.2, 0.25) is 0 Å². The number of carboxylic acid groups (broad SMARTS) is 1. The summed E-state index contributed by atoms with van der Waals surface area (Å²) in [5.74, 6) is -1.58. The second-order valence-corrected chi connectivity index (χ2v) is 4.76. The van der Waals surface area contributed by atoms with Crippen LogP contribution in [-0.2, 0) is 16.0 Å². The molecule has 0 bridgehead atoms. The predicted octanol–water partition coefficient (Wildman–Crippen LogP) is 1.68. The Labute approximate surface area is 107 Å². The van der Waals surface area contributed by atoms with Crippen LogP contribution in [0, 0.1) is 19.3 Å². The van der Waals surface area contributed by atoms with E-state index in [1.54, 1.807) is 0 Å². The molecule has 18 heavy (non-hydrogen) atoms. The molecule has 1 aromatic rings. The van der Waals surface area contributed by atoms with Gasteiger partial charge in [0.1, 0.15) is 5.41 Å². The van der Waals surface area contributed by atoms with Crippen LogP contribution in [0.15, 0.2) is 18.2 Å². The Hall–Kier alpha value is -1.84. The SMILES string of the molecule is CNC(=O)C(C)(Cc1c(C)cccc1C)C(=O)O. The van der Waals surface area contributed by atoms with Gasteiger partial charge in [0.05, 0.1) is 0 Å². The van der Waals surface area contributed by atoms with E-state index < -0.39 is 17.3 Å². The average Bonchev–Trinajstić information content (AvgIpc) is 2.32. The molecule has 0 aliphatic carbocycles. The summed E-state index contributed by atoms with van der Waals surface area (Å²) in [6.45, 7) is 5.31. The van der Waals surface area contributed by atoms with Gasteiger partial charge >= 0.3 is 5.97 Å². The summed E-state index contributed by atoms with van der Waals surface area (Å²) >= 11 is 0. The maximum atomic E-state index is 11.8. The van der Waals surface area contributed by atoms with Crippen LogP contribution < -0.4 is 5.32 Å². The van der Waals surface area contributed by atoms with Gasteiger partial charge in [0.25, 0.3) is 0 Å². The van der Waals surface area contributed by atoms with Crippen LogP contribution in [0.1, 0.15) is 23.6 Å². The fourth-order valence-corrected chi connectivity index (χ4v) is 2.01. The molecule has 0 radical (unpaired) electrons. The van der Waals surface area contributed by atoms with E-state index in [0.29, 0.717) is 0 Å². The zero-order valence-corrected chi connectivity index (χ0v) is 11.2. The van der Waals surface area contributed by atoms with Crippen molar-refractivity contribution in [2.45, 2.75) is 27.2 Å². The molecule has 0 saturated heterocycles. The number of aliphatic carboxylic acids is 1. The summed E-state index contributed by atoms with van der Waals surface area (Å²) in [4.78, 5) is 23.2. The molecular formula is C14H19NO3. The zero-order chi connectivity index (χ0) is 13.9. The number of carbonyl (C=O) groups is 2. The molecule has 0 fully saturated rings. The lowest BCUT2D eigenvalue weighted by Gasteiger charge is -2.24. The summed E-state index contributed by atoms with van der Waals surface area (Å²) in [5, 5.41) is 11.7. The lowest BCUT2D eigenvalue weighted by molar-refractivity contribution is -0.154.